The first kappa shape index (κ1) is 18.8. The molecule has 0 saturated heterocycles. The number of benzene rings is 2. The minimum Gasteiger partial charge on any atom is -0.299 e. The van der Waals surface area contributed by atoms with Gasteiger partial charge in [-0.15, -0.1) is 0 Å². The van der Waals surface area contributed by atoms with Crippen LogP contribution in [0.4, 0.5) is 8.78 Å². The van der Waals surface area contributed by atoms with Crippen molar-refractivity contribution < 1.29 is 8.78 Å². The van der Waals surface area contributed by atoms with Crippen molar-refractivity contribution in [2.75, 3.05) is 19.6 Å². The van der Waals surface area contributed by atoms with E-state index in [9.17, 15) is 8.78 Å². The largest absolute Gasteiger partial charge is 0.299 e. The van der Waals surface area contributed by atoms with Gasteiger partial charge in [0.15, 0.2) is 0 Å². The summed E-state index contributed by atoms with van der Waals surface area (Å²) in [7, 11) is 0. The molecule has 0 radical (unpaired) electrons. The summed E-state index contributed by atoms with van der Waals surface area (Å²) in [5.74, 6) is -0.404. The lowest BCUT2D eigenvalue weighted by Gasteiger charge is -2.26. The fraction of sp³-hybridized carbons (Fsp3) is 0.292. The molecule has 1 aliphatic heterocycles. The number of hydrogen-bond acceptors (Lipinski definition) is 2. The molecule has 4 rings (SSSR count). The average Bonchev–Trinajstić information content (AvgIpc) is 2.72. The number of pyridine rings is 1. The summed E-state index contributed by atoms with van der Waals surface area (Å²) in [4.78, 5) is 6.88. The highest BCUT2D eigenvalue weighted by atomic mass is 19.1. The molecular formula is C24H24F2N2. The van der Waals surface area contributed by atoms with Gasteiger partial charge in [-0.05, 0) is 79.1 Å². The van der Waals surface area contributed by atoms with Crippen molar-refractivity contribution in [1.82, 2.24) is 9.88 Å². The normalized spacial score (nSPS) is 15.0. The second-order valence-electron chi connectivity index (χ2n) is 7.48. The van der Waals surface area contributed by atoms with Crippen LogP contribution in [-0.4, -0.2) is 29.5 Å². The zero-order valence-corrected chi connectivity index (χ0v) is 16.1. The summed E-state index contributed by atoms with van der Waals surface area (Å²) < 4.78 is 27.0. The number of aromatic nitrogens is 1. The van der Waals surface area contributed by atoms with Crippen LogP contribution in [0.2, 0.25) is 0 Å². The van der Waals surface area contributed by atoms with Crippen molar-refractivity contribution in [1.29, 1.82) is 0 Å². The van der Waals surface area contributed by atoms with Crippen LogP contribution in [-0.2, 0) is 6.42 Å². The second-order valence-corrected chi connectivity index (χ2v) is 7.48. The van der Waals surface area contributed by atoms with E-state index in [1.165, 1.54) is 23.8 Å². The fourth-order valence-electron chi connectivity index (χ4n) is 3.85. The minimum atomic E-state index is -0.211. The van der Waals surface area contributed by atoms with Crippen molar-refractivity contribution in [2.45, 2.75) is 26.2 Å². The fourth-order valence-corrected chi connectivity index (χ4v) is 3.85. The molecule has 0 amide bonds. The van der Waals surface area contributed by atoms with E-state index in [-0.39, 0.29) is 11.6 Å². The molecule has 2 nitrogen and oxygen atoms in total. The summed E-state index contributed by atoms with van der Waals surface area (Å²) in [6, 6.07) is 12.1. The van der Waals surface area contributed by atoms with Gasteiger partial charge in [-0.3, -0.25) is 9.88 Å². The van der Waals surface area contributed by atoms with Gasteiger partial charge in [0.1, 0.15) is 11.6 Å². The molecule has 0 aliphatic carbocycles. The minimum absolute atomic E-state index is 0.193. The highest BCUT2D eigenvalue weighted by molar-refractivity contribution is 5.85. The molecule has 3 aromatic rings. The Morgan fingerprint density at radius 3 is 2.61 bits per heavy atom. The summed E-state index contributed by atoms with van der Waals surface area (Å²) in [5, 5.41) is 1.55. The Bertz CT molecular complexity index is 1010. The number of hydrogen-bond donors (Lipinski definition) is 0. The molecule has 28 heavy (non-hydrogen) atoms. The smallest absolute Gasteiger partial charge is 0.132 e. The van der Waals surface area contributed by atoms with Crippen molar-refractivity contribution in [2.24, 2.45) is 0 Å². The van der Waals surface area contributed by atoms with Crippen LogP contribution in [0.1, 0.15) is 29.7 Å². The van der Waals surface area contributed by atoms with Crippen LogP contribution in [0.3, 0.4) is 0 Å². The highest BCUT2D eigenvalue weighted by Gasteiger charge is 2.13. The van der Waals surface area contributed by atoms with Gasteiger partial charge in [0.2, 0.25) is 0 Å². The zero-order valence-electron chi connectivity index (χ0n) is 16.1. The maximum Gasteiger partial charge on any atom is 0.132 e. The van der Waals surface area contributed by atoms with E-state index in [1.807, 2.05) is 31.2 Å². The Morgan fingerprint density at radius 2 is 1.86 bits per heavy atom. The molecule has 144 valence electrons. The third-order valence-corrected chi connectivity index (χ3v) is 5.54. The number of fused-ring (bicyclic) bond motifs is 1. The molecule has 0 fully saturated rings. The Labute approximate surface area is 164 Å². The van der Waals surface area contributed by atoms with Crippen molar-refractivity contribution in [3.05, 3.63) is 83.2 Å². The Morgan fingerprint density at radius 1 is 1.04 bits per heavy atom. The number of nitrogens with zero attached hydrogens (tertiary/aromatic N) is 2. The molecule has 4 heteroatoms. The molecule has 0 spiro atoms. The lowest BCUT2D eigenvalue weighted by Crippen LogP contribution is -2.29. The lowest BCUT2D eigenvalue weighted by molar-refractivity contribution is 0.297. The molecule has 1 aromatic heterocycles. The molecule has 0 unspecified atom stereocenters. The van der Waals surface area contributed by atoms with E-state index in [2.05, 4.69) is 16.0 Å². The van der Waals surface area contributed by atoms with E-state index >= 15 is 0 Å². The van der Waals surface area contributed by atoms with E-state index in [0.717, 1.165) is 61.1 Å². The number of halogens is 2. The van der Waals surface area contributed by atoms with Gasteiger partial charge < -0.3 is 0 Å². The summed E-state index contributed by atoms with van der Waals surface area (Å²) in [5.41, 5.74) is 4.50. The molecule has 2 heterocycles. The Balaban J connectivity index is 1.33. The molecule has 2 aromatic carbocycles. The Kier molecular flexibility index (Phi) is 5.49. The van der Waals surface area contributed by atoms with Crippen LogP contribution < -0.4 is 0 Å². The van der Waals surface area contributed by atoms with Crippen molar-refractivity contribution in [3.63, 3.8) is 0 Å². The van der Waals surface area contributed by atoms with Crippen LogP contribution in [0.5, 0.6) is 0 Å². The molecule has 0 N–H and O–H groups in total. The van der Waals surface area contributed by atoms with E-state index in [0.29, 0.717) is 5.39 Å². The van der Waals surface area contributed by atoms with Gasteiger partial charge in [0.05, 0.1) is 0 Å². The van der Waals surface area contributed by atoms with Crippen LogP contribution in [0, 0.1) is 18.6 Å². The highest BCUT2D eigenvalue weighted by Crippen LogP contribution is 2.24. The maximum absolute atomic E-state index is 13.9. The molecule has 0 atom stereocenters. The zero-order chi connectivity index (χ0) is 19.5. The third-order valence-electron chi connectivity index (χ3n) is 5.54. The summed E-state index contributed by atoms with van der Waals surface area (Å²) in [6.07, 6.45) is 6.80. The summed E-state index contributed by atoms with van der Waals surface area (Å²) >= 11 is 0. The first-order valence-corrected chi connectivity index (χ1v) is 9.81. The van der Waals surface area contributed by atoms with Crippen molar-refractivity contribution in [3.8, 4) is 0 Å². The van der Waals surface area contributed by atoms with Gasteiger partial charge in [-0.25, -0.2) is 8.78 Å². The van der Waals surface area contributed by atoms with Gasteiger partial charge in [-0.1, -0.05) is 24.3 Å². The van der Waals surface area contributed by atoms with Gasteiger partial charge in [-0.2, -0.15) is 0 Å². The maximum atomic E-state index is 13.9. The van der Waals surface area contributed by atoms with E-state index < -0.39 is 0 Å². The van der Waals surface area contributed by atoms with Gasteiger partial charge in [0, 0.05) is 30.4 Å². The SMILES string of the molecule is Cc1ccc(F)c2cnc(CCCN3CC=C(c4ccc(F)cc4)CC3)cc12. The molecule has 0 saturated carbocycles. The monoisotopic (exact) mass is 378 g/mol. The van der Waals surface area contributed by atoms with E-state index in [4.69, 9.17) is 0 Å². The van der Waals surface area contributed by atoms with Gasteiger partial charge in [0.25, 0.3) is 0 Å². The molecule has 1 aliphatic rings. The first-order chi connectivity index (χ1) is 13.6. The van der Waals surface area contributed by atoms with Crippen LogP contribution in [0.15, 0.2) is 54.7 Å². The molecular weight excluding hydrogens is 354 g/mol. The topological polar surface area (TPSA) is 16.1 Å². The lowest BCUT2D eigenvalue weighted by atomic mass is 9.99. The predicted octanol–water partition coefficient (Wildman–Crippen LogP) is 5.54. The second kappa shape index (κ2) is 8.19. The predicted molar refractivity (Wildman–Crippen MR) is 110 cm³/mol. The Hall–Kier alpha value is -2.59. The van der Waals surface area contributed by atoms with Crippen molar-refractivity contribution >= 4 is 16.3 Å². The van der Waals surface area contributed by atoms with Gasteiger partial charge >= 0.3 is 0 Å². The average molecular weight is 378 g/mol. The first-order valence-electron chi connectivity index (χ1n) is 9.81. The quantitative estimate of drug-likeness (QED) is 0.579. The standard InChI is InChI=1S/C24H24F2N2/c1-17-4-9-24(26)23-16-27-21(15-22(17)23)3-2-12-28-13-10-19(11-14-28)18-5-7-20(25)8-6-18/h4-10,15-16H,2-3,11-14H2,1H3. The third kappa shape index (κ3) is 4.12. The molecule has 0 bridgehead atoms. The number of rotatable bonds is 5. The van der Waals surface area contributed by atoms with Crippen LogP contribution >= 0.6 is 0 Å². The van der Waals surface area contributed by atoms with Crippen LogP contribution in [0.25, 0.3) is 16.3 Å². The van der Waals surface area contributed by atoms with E-state index in [1.54, 1.807) is 6.20 Å². The summed E-state index contributed by atoms with van der Waals surface area (Å²) in [6.45, 7) is 4.94. The number of aryl methyl sites for hydroxylation is 2.